The highest BCUT2D eigenvalue weighted by molar-refractivity contribution is 7.12. The quantitative estimate of drug-likeness (QED) is 0.803. The molecule has 1 fully saturated rings. The molecule has 3 rings (SSSR count). The number of amides is 1. The molecule has 0 bridgehead atoms. The molecule has 1 aromatic heterocycles. The number of aliphatic hydroxyl groups excluding tert-OH is 1. The van der Waals surface area contributed by atoms with Crippen molar-refractivity contribution in [1.29, 1.82) is 0 Å². The number of rotatable bonds is 7. The zero-order chi connectivity index (χ0) is 18.4. The lowest BCUT2D eigenvalue weighted by atomic mass is 10.2. The van der Waals surface area contributed by atoms with Gasteiger partial charge in [-0.05, 0) is 17.5 Å². The van der Waals surface area contributed by atoms with Crippen LogP contribution in [0.1, 0.15) is 15.2 Å². The fraction of sp³-hybridized carbons (Fsp3) is 0.421. The first kappa shape index (κ1) is 19.0. The highest BCUT2D eigenvalue weighted by atomic mass is 32.1. The van der Waals surface area contributed by atoms with Gasteiger partial charge < -0.3 is 14.7 Å². The van der Waals surface area contributed by atoms with Crippen LogP contribution in [0.25, 0.3) is 0 Å². The Morgan fingerprint density at radius 3 is 2.65 bits per heavy atom. The van der Waals surface area contributed by atoms with E-state index >= 15 is 0 Å². The van der Waals surface area contributed by atoms with Gasteiger partial charge in [-0.2, -0.15) is 0 Å². The maximum Gasteiger partial charge on any atom is 0.264 e. The zero-order valence-corrected chi connectivity index (χ0v) is 15.3. The first-order chi connectivity index (χ1) is 12.6. The SMILES string of the molecule is O=C(c1cccs1)N1CCN(C[C@H](O)COCc2ccccc2F)CC1. The molecule has 140 valence electrons. The number of carbonyl (C=O) groups excluding carboxylic acids is 1. The molecule has 1 aromatic carbocycles. The molecule has 1 amide bonds. The number of β-amino-alcohol motifs (C(OH)–C–C–N with tert-alkyl or cyclic N) is 1. The van der Waals surface area contributed by atoms with Crippen molar-refractivity contribution in [3.8, 4) is 0 Å². The molecular weight excluding hydrogens is 355 g/mol. The number of aliphatic hydroxyl groups is 1. The first-order valence-corrected chi connectivity index (χ1v) is 9.56. The minimum atomic E-state index is -0.638. The van der Waals surface area contributed by atoms with Crippen LogP contribution < -0.4 is 0 Å². The Bertz CT molecular complexity index is 703. The summed E-state index contributed by atoms with van der Waals surface area (Å²) < 4.78 is 18.9. The average molecular weight is 378 g/mol. The Morgan fingerprint density at radius 1 is 1.19 bits per heavy atom. The van der Waals surface area contributed by atoms with Gasteiger partial charge in [0.15, 0.2) is 0 Å². The summed E-state index contributed by atoms with van der Waals surface area (Å²) in [6.45, 7) is 3.54. The molecule has 0 unspecified atom stereocenters. The van der Waals surface area contributed by atoms with E-state index in [1.54, 1.807) is 18.2 Å². The van der Waals surface area contributed by atoms with Gasteiger partial charge in [-0.3, -0.25) is 9.69 Å². The van der Waals surface area contributed by atoms with Crippen LogP contribution in [0, 0.1) is 5.82 Å². The van der Waals surface area contributed by atoms with Crippen molar-refractivity contribution in [2.75, 3.05) is 39.3 Å². The van der Waals surface area contributed by atoms with Crippen LogP contribution >= 0.6 is 11.3 Å². The Labute approximate surface area is 156 Å². The van der Waals surface area contributed by atoms with E-state index < -0.39 is 6.10 Å². The molecule has 0 spiro atoms. The lowest BCUT2D eigenvalue weighted by Crippen LogP contribution is -2.50. The van der Waals surface area contributed by atoms with Gasteiger partial charge in [-0.1, -0.05) is 24.3 Å². The summed E-state index contributed by atoms with van der Waals surface area (Å²) in [5.74, 6) is -0.220. The molecule has 1 aliphatic heterocycles. The number of piperazine rings is 1. The largest absolute Gasteiger partial charge is 0.389 e. The van der Waals surface area contributed by atoms with Crippen molar-refractivity contribution in [3.63, 3.8) is 0 Å². The number of thiophene rings is 1. The van der Waals surface area contributed by atoms with Gasteiger partial charge in [-0.15, -0.1) is 11.3 Å². The molecule has 1 saturated heterocycles. The summed E-state index contributed by atoms with van der Waals surface area (Å²) in [7, 11) is 0. The third-order valence-corrected chi connectivity index (χ3v) is 5.24. The van der Waals surface area contributed by atoms with Crippen molar-refractivity contribution >= 4 is 17.2 Å². The van der Waals surface area contributed by atoms with Crippen LogP contribution in [0.3, 0.4) is 0 Å². The standard InChI is InChI=1S/C19H23FN2O3S/c20-17-5-2-1-4-15(17)13-25-14-16(23)12-21-7-9-22(10-8-21)19(24)18-6-3-11-26-18/h1-6,11,16,23H,7-10,12-14H2/t16-/m0/s1. The van der Waals surface area contributed by atoms with Gasteiger partial charge in [0.05, 0.1) is 24.2 Å². The molecule has 1 aliphatic rings. The van der Waals surface area contributed by atoms with E-state index in [9.17, 15) is 14.3 Å². The second-order valence-electron chi connectivity index (χ2n) is 6.33. The zero-order valence-electron chi connectivity index (χ0n) is 14.5. The third kappa shape index (κ3) is 5.11. The number of ether oxygens (including phenoxy) is 1. The van der Waals surface area contributed by atoms with Crippen molar-refractivity contribution in [3.05, 3.63) is 58.0 Å². The van der Waals surface area contributed by atoms with Gasteiger partial charge >= 0.3 is 0 Å². The Balaban J connectivity index is 1.36. The summed E-state index contributed by atoms with van der Waals surface area (Å²) >= 11 is 1.46. The highest BCUT2D eigenvalue weighted by Gasteiger charge is 2.23. The molecule has 7 heteroatoms. The molecule has 0 aliphatic carbocycles. The maximum atomic E-state index is 13.5. The first-order valence-electron chi connectivity index (χ1n) is 8.68. The molecular formula is C19H23FN2O3S. The summed E-state index contributed by atoms with van der Waals surface area (Å²) in [6.07, 6.45) is -0.638. The Hall–Kier alpha value is -1.80. The van der Waals surface area contributed by atoms with E-state index in [-0.39, 0.29) is 24.9 Å². The predicted molar refractivity (Wildman–Crippen MR) is 98.7 cm³/mol. The molecule has 2 heterocycles. The fourth-order valence-electron chi connectivity index (χ4n) is 2.96. The van der Waals surface area contributed by atoms with E-state index in [1.807, 2.05) is 22.4 Å². The molecule has 2 aromatic rings. The van der Waals surface area contributed by atoms with Crippen LogP contribution in [0.5, 0.6) is 0 Å². The highest BCUT2D eigenvalue weighted by Crippen LogP contribution is 2.14. The third-order valence-electron chi connectivity index (χ3n) is 4.39. The summed E-state index contributed by atoms with van der Waals surface area (Å²) in [5.41, 5.74) is 0.486. The van der Waals surface area contributed by atoms with Crippen molar-refractivity contribution in [2.45, 2.75) is 12.7 Å². The number of hydrogen-bond acceptors (Lipinski definition) is 5. The summed E-state index contributed by atoms with van der Waals surface area (Å²) in [6, 6.07) is 10.2. The average Bonchev–Trinajstić information content (AvgIpc) is 3.18. The molecule has 0 saturated carbocycles. The number of halogens is 1. The van der Waals surface area contributed by atoms with Crippen LogP contribution in [0.4, 0.5) is 4.39 Å². The second kappa shape index (κ2) is 9.23. The van der Waals surface area contributed by atoms with E-state index in [0.717, 1.165) is 18.0 Å². The topological polar surface area (TPSA) is 53.0 Å². The smallest absolute Gasteiger partial charge is 0.264 e. The minimum absolute atomic E-state index is 0.0772. The Kier molecular flexibility index (Phi) is 6.73. The lowest BCUT2D eigenvalue weighted by molar-refractivity contribution is 0.00147. The van der Waals surface area contributed by atoms with Gasteiger partial charge in [-0.25, -0.2) is 4.39 Å². The normalized spacial score (nSPS) is 16.6. The number of hydrogen-bond donors (Lipinski definition) is 1. The van der Waals surface area contributed by atoms with Crippen molar-refractivity contribution in [1.82, 2.24) is 9.80 Å². The van der Waals surface area contributed by atoms with Crippen molar-refractivity contribution in [2.24, 2.45) is 0 Å². The van der Waals surface area contributed by atoms with Gasteiger partial charge in [0.25, 0.3) is 5.91 Å². The van der Waals surface area contributed by atoms with Crippen molar-refractivity contribution < 1.29 is 19.0 Å². The fourth-order valence-corrected chi connectivity index (χ4v) is 3.65. The number of nitrogens with zero attached hydrogens (tertiary/aromatic N) is 2. The summed E-state index contributed by atoms with van der Waals surface area (Å²) in [4.78, 5) is 17.0. The van der Waals surface area contributed by atoms with E-state index in [0.29, 0.717) is 25.2 Å². The molecule has 5 nitrogen and oxygen atoms in total. The van der Waals surface area contributed by atoms with Gasteiger partial charge in [0.2, 0.25) is 0 Å². The van der Waals surface area contributed by atoms with E-state index in [2.05, 4.69) is 4.90 Å². The Morgan fingerprint density at radius 2 is 1.96 bits per heavy atom. The maximum absolute atomic E-state index is 13.5. The number of benzene rings is 1. The molecule has 0 radical (unpaired) electrons. The van der Waals surface area contributed by atoms with Gasteiger partial charge in [0, 0.05) is 38.3 Å². The second-order valence-corrected chi connectivity index (χ2v) is 7.28. The van der Waals surface area contributed by atoms with Crippen LogP contribution in [-0.2, 0) is 11.3 Å². The monoisotopic (exact) mass is 378 g/mol. The van der Waals surface area contributed by atoms with Gasteiger partial charge in [0.1, 0.15) is 5.82 Å². The van der Waals surface area contributed by atoms with E-state index in [1.165, 1.54) is 17.4 Å². The number of carbonyl (C=O) groups is 1. The minimum Gasteiger partial charge on any atom is -0.389 e. The lowest BCUT2D eigenvalue weighted by Gasteiger charge is -2.35. The molecule has 1 N–H and O–H groups in total. The summed E-state index contributed by atoms with van der Waals surface area (Å²) in [5, 5.41) is 12.0. The van der Waals surface area contributed by atoms with E-state index in [4.69, 9.17) is 4.74 Å². The molecule has 1 atom stereocenters. The van der Waals surface area contributed by atoms with Crippen LogP contribution in [-0.4, -0.2) is 66.2 Å². The van der Waals surface area contributed by atoms with Crippen LogP contribution in [0.2, 0.25) is 0 Å². The molecule has 26 heavy (non-hydrogen) atoms. The van der Waals surface area contributed by atoms with Crippen LogP contribution in [0.15, 0.2) is 41.8 Å². The predicted octanol–water partition coefficient (Wildman–Crippen LogP) is 2.22.